The molecule has 8 nitrogen and oxygen atoms in total. The lowest BCUT2D eigenvalue weighted by Crippen LogP contribution is -2.45. The Hall–Kier alpha value is -3.88. The van der Waals surface area contributed by atoms with Gasteiger partial charge in [-0.2, -0.15) is 4.98 Å². The van der Waals surface area contributed by atoms with E-state index in [1.54, 1.807) is 18.1 Å². The van der Waals surface area contributed by atoms with Gasteiger partial charge in [-0.3, -0.25) is 4.90 Å². The van der Waals surface area contributed by atoms with E-state index >= 15 is 0 Å². The molecule has 2 amide bonds. The van der Waals surface area contributed by atoms with Crippen LogP contribution in [0.3, 0.4) is 0 Å². The molecule has 1 atom stereocenters. The number of ether oxygens (including phenoxy) is 2. The number of hydrogen-bond donors (Lipinski definition) is 1. The zero-order valence-corrected chi connectivity index (χ0v) is 18.2. The fraction of sp³-hybridized carbons (Fsp3) is 0.261. The van der Waals surface area contributed by atoms with E-state index in [0.29, 0.717) is 29.1 Å². The van der Waals surface area contributed by atoms with E-state index in [1.807, 2.05) is 38.1 Å². The summed E-state index contributed by atoms with van der Waals surface area (Å²) in [5.41, 5.74) is 2.65. The van der Waals surface area contributed by atoms with Crippen molar-refractivity contribution in [1.82, 2.24) is 20.4 Å². The number of amides is 2. The van der Waals surface area contributed by atoms with Gasteiger partial charge in [-0.15, -0.1) is 0 Å². The molecule has 1 unspecified atom stereocenters. The maximum Gasteiger partial charge on any atom is 0.322 e. The summed E-state index contributed by atoms with van der Waals surface area (Å²) in [6.45, 7) is 4.19. The molecule has 0 saturated heterocycles. The number of methoxy groups -OCH3 is 2. The van der Waals surface area contributed by atoms with Crippen molar-refractivity contribution >= 4 is 11.6 Å². The minimum atomic E-state index is -0.523. The predicted molar refractivity (Wildman–Crippen MR) is 115 cm³/mol. The molecular formula is C23H23FN4O4. The van der Waals surface area contributed by atoms with Crippen molar-refractivity contribution in [3.63, 3.8) is 0 Å². The van der Waals surface area contributed by atoms with Crippen LogP contribution in [0.2, 0.25) is 0 Å². The van der Waals surface area contributed by atoms with Crippen LogP contribution >= 0.6 is 0 Å². The highest BCUT2D eigenvalue weighted by atomic mass is 19.1. The number of hydrogen-bond acceptors (Lipinski definition) is 6. The number of benzene rings is 2. The summed E-state index contributed by atoms with van der Waals surface area (Å²) in [6, 6.07) is 11.1. The first-order chi connectivity index (χ1) is 15.5. The van der Waals surface area contributed by atoms with Crippen molar-refractivity contribution in [3.05, 3.63) is 65.4 Å². The third-order valence-corrected chi connectivity index (χ3v) is 5.43. The topological polar surface area (TPSA) is 89.7 Å². The summed E-state index contributed by atoms with van der Waals surface area (Å²) >= 11 is 0. The Morgan fingerprint density at radius 2 is 1.91 bits per heavy atom. The first kappa shape index (κ1) is 21.4. The quantitative estimate of drug-likeness (QED) is 0.613. The molecule has 9 heteroatoms. The highest BCUT2D eigenvalue weighted by molar-refractivity contribution is 5.86. The minimum Gasteiger partial charge on any atom is -0.497 e. The van der Waals surface area contributed by atoms with Crippen LogP contribution in [0.5, 0.6) is 11.5 Å². The second-order valence-corrected chi connectivity index (χ2v) is 7.17. The van der Waals surface area contributed by atoms with E-state index in [9.17, 15) is 9.18 Å². The van der Waals surface area contributed by atoms with Gasteiger partial charge in [0.25, 0.3) is 5.89 Å². The van der Waals surface area contributed by atoms with Crippen molar-refractivity contribution in [2.24, 2.45) is 0 Å². The van der Waals surface area contributed by atoms with Crippen LogP contribution in [0, 0.1) is 5.82 Å². The van der Waals surface area contributed by atoms with Crippen molar-refractivity contribution in [1.29, 1.82) is 0 Å². The van der Waals surface area contributed by atoms with E-state index in [1.165, 1.54) is 19.2 Å². The fourth-order valence-corrected chi connectivity index (χ4v) is 3.74. The molecule has 0 spiro atoms. The average molecular weight is 438 g/mol. The van der Waals surface area contributed by atoms with E-state index in [2.05, 4.69) is 15.5 Å². The van der Waals surface area contributed by atoms with Gasteiger partial charge in [-0.25, -0.2) is 9.18 Å². The van der Waals surface area contributed by atoms with Crippen molar-refractivity contribution in [2.75, 3.05) is 20.8 Å². The molecule has 1 aromatic heterocycles. The maximum atomic E-state index is 14.2. The van der Waals surface area contributed by atoms with Gasteiger partial charge in [-0.1, -0.05) is 17.3 Å². The Kier molecular flexibility index (Phi) is 5.81. The fourth-order valence-electron chi connectivity index (χ4n) is 3.74. The van der Waals surface area contributed by atoms with Crippen LogP contribution in [0.1, 0.15) is 31.3 Å². The molecule has 1 aliphatic heterocycles. The van der Waals surface area contributed by atoms with Crippen molar-refractivity contribution in [2.45, 2.75) is 19.9 Å². The summed E-state index contributed by atoms with van der Waals surface area (Å²) < 4.78 is 29.9. The van der Waals surface area contributed by atoms with E-state index in [0.717, 1.165) is 5.56 Å². The van der Waals surface area contributed by atoms with Gasteiger partial charge < -0.3 is 19.3 Å². The van der Waals surface area contributed by atoms with Crippen LogP contribution in [0.4, 0.5) is 9.18 Å². The first-order valence-electron chi connectivity index (χ1n) is 10.1. The molecule has 2 aromatic carbocycles. The molecule has 4 rings (SSSR count). The molecule has 0 saturated carbocycles. The zero-order chi connectivity index (χ0) is 22.8. The molecule has 3 aromatic rings. The molecule has 1 N–H and O–H groups in total. The van der Waals surface area contributed by atoms with Crippen molar-refractivity contribution in [3.8, 4) is 22.9 Å². The Balaban J connectivity index is 1.78. The van der Waals surface area contributed by atoms with Crippen LogP contribution < -0.4 is 14.8 Å². The highest BCUT2D eigenvalue weighted by Crippen LogP contribution is 2.37. The lowest BCUT2D eigenvalue weighted by Gasteiger charge is -2.34. The normalized spacial score (nSPS) is 16.2. The van der Waals surface area contributed by atoms with Crippen LogP contribution in [-0.4, -0.2) is 41.8 Å². The average Bonchev–Trinajstić information content (AvgIpc) is 3.28. The molecule has 0 fully saturated rings. The first-order valence-corrected chi connectivity index (χ1v) is 10.1. The number of carbonyl (C=O) groups excluding carboxylic acids is 1. The summed E-state index contributed by atoms with van der Waals surface area (Å²) in [6.07, 6.45) is 0. The lowest BCUT2D eigenvalue weighted by atomic mass is 9.94. The Labute approximate surface area is 184 Å². The smallest absolute Gasteiger partial charge is 0.322 e. The maximum absolute atomic E-state index is 14.2. The van der Waals surface area contributed by atoms with Crippen LogP contribution in [-0.2, 0) is 0 Å². The van der Waals surface area contributed by atoms with E-state index in [-0.39, 0.29) is 23.5 Å². The van der Waals surface area contributed by atoms with E-state index < -0.39 is 11.9 Å². The molecule has 0 radical (unpaired) electrons. The van der Waals surface area contributed by atoms with Gasteiger partial charge in [-0.05, 0) is 49.7 Å². The third-order valence-electron chi connectivity index (χ3n) is 5.43. The van der Waals surface area contributed by atoms with Crippen molar-refractivity contribution < 1.29 is 23.2 Å². The second-order valence-electron chi connectivity index (χ2n) is 7.17. The molecule has 0 aliphatic carbocycles. The van der Waals surface area contributed by atoms with Gasteiger partial charge >= 0.3 is 6.03 Å². The number of nitrogens with zero attached hydrogens (tertiary/aromatic N) is 3. The molecule has 1 aliphatic rings. The Morgan fingerprint density at radius 3 is 2.53 bits per heavy atom. The molecule has 2 heterocycles. The van der Waals surface area contributed by atoms with Gasteiger partial charge in [0.15, 0.2) is 11.6 Å². The van der Waals surface area contributed by atoms with Gasteiger partial charge in [0.1, 0.15) is 5.75 Å². The number of nitrogens with one attached hydrogen (secondary N) is 1. The molecule has 166 valence electrons. The highest BCUT2D eigenvalue weighted by Gasteiger charge is 2.35. The SMILES string of the molecule is CCN1C(=O)NC(c2ccc(OC)cc2)C(c2nc(-c3ccc(OC)c(F)c3)no2)=C1C. The summed E-state index contributed by atoms with van der Waals surface area (Å²) in [7, 11) is 2.99. The molecule has 0 bridgehead atoms. The van der Waals surface area contributed by atoms with E-state index in [4.69, 9.17) is 14.0 Å². The monoisotopic (exact) mass is 438 g/mol. The zero-order valence-electron chi connectivity index (χ0n) is 18.2. The number of allylic oxidation sites excluding steroid dienone is 1. The summed E-state index contributed by atoms with van der Waals surface area (Å²) in [5, 5.41) is 7.05. The number of aromatic nitrogens is 2. The molecule has 32 heavy (non-hydrogen) atoms. The predicted octanol–water partition coefficient (Wildman–Crippen LogP) is 4.41. The summed E-state index contributed by atoms with van der Waals surface area (Å²) in [5.74, 6) is 0.785. The number of halogens is 1. The number of rotatable bonds is 6. The third kappa shape index (κ3) is 3.77. The summed E-state index contributed by atoms with van der Waals surface area (Å²) in [4.78, 5) is 18.8. The Morgan fingerprint density at radius 1 is 1.16 bits per heavy atom. The largest absolute Gasteiger partial charge is 0.497 e. The number of carbonyl (C=O) groups is 1. The van der Waals surface area contributed by atoms with Crippen LogP contribution in [0.25, 0.3) is 17.0 Å². The second kappa shape index (κ2) is 8.70. The van der Waals surface area contributed by atoms with Gasteiger partial charge in [0, 0.05) is 17.8 Å². The number of urea groups is 1. The molecular weight excluding hydrogens is 415 g/mol. The lowest BCUT2D eigenvalue weighted by molar-refractivity contribution is 0.207. The Bertz CT molecular complexity index is 1170. The van der Waals surface area contributed by atoms with Crippen LogP contribution in [0.15, 0.2) is 52.7 Å². The minimum absolute atomic E-state index is 0.129. The van der Waals surface area contributed by atoms with Gasteiger partial charge in [0.2, 0.25) is 5.82 Å². The van der Waals surface area contributed by atoms with Gasteiger partial charge in [0.05, 0.1) is 25.8 Å². The standard InChI is InChI=1S/C23H23FN4O4/c1-5-28-13(2)19(20(25-23(28)29)14-6-9-16(30-3)10-7-14)22-26-21(27-32-22)15-8-11-18(31-4)17(24)12-15/h6-12,20H,5H2,1-4H3,(H,25,29).